The molecule has 0 aliphatic rings. The molecule has 1 atom stereocenters. The molecular weight excluding hydrogens is 250 g/mol. The van der Waals surface area contributed by atoms with Crippen molar-refractivity contribution < 1.29 is 21.5 Å². The van der Waals surface area contributed by atoms with Gasteiger partial charge in [0.1, 0.15) is 0 Å². The summed E-state index contributed by atoms with van der Waals surface area (Å²) in [7, 11) is 6.88. The first kappa shape index (κ1) is 17.8. The van der Waals surface area contributed by atoms with E-state index in [0.717, 1.165) is 10.5 Å². The SMILES string of the molecule is CCCCCCCCC(C)[N+](C)(C)C.[Br-]. The fraction of sp³-hybridized carbons (Fsp3) is 1.00. The zero-order valence-corrected chi connectivity index (χ0v) is 12.9. The van der Waals surface area contributed by atoms with Gasteiger partial charge >= 0.3 is 0 Å². The van der Waals surface area contributed by atoms with Crippen LogP contribution in [0.1, 0.15) is 58.8 Å². The van der Waals surface area contributed by atoms with E-state index in [0.29, 0.717) is 0 Å². The molecule has 0 aliphatic heterocycles. The minimum atomic E-state index is 0. The summed E-state index contributed by atoms with van der Waals surface area (Å²) in [6.45, 7) is 4.64. The van der Waals surface area contributed by atoms with E-state index in [9.17, 15) is 0 Å². The van der Waals surface area contributed by atoms with Crippen LogP contribution in [0.3, 0.4) is 0 Å². The van der Waals surface area contributed by atoms with Crippen LogP contribution in [-0.2, 0) is 0 Å². The standard InChI is InChI=1S/C13H30N.BrH/c1-6-7-8-9-10-11-12-13(2)14(3,4)5;/h13H,6-12H2,1-5H3;1H/q+1;/p-1. The van der Waals surface area contributed by atoms with Crippen molar-refractivity contribution in [1.29, 1.82) is 0 Å². The predicted octanol–water partition coefficient (Wildman–Crippen LogP) is 0.836. The van der Waals surface area contributed by atoms with E-state index in [1.807, 2.05) is 0 Å². The summed E-state index contributed by atoms with van der Waals surface area (Å²) in [6, 6.07) is 0.807. The molecule has 0 saturated heterocycles. The molecule has 0 N–H and O–H groups in total. The second kappa shape index (κ2) is 9.65. The molecular formula is C13H30BrN. The van der Waals surface area contributed by atoms with E-state index in [1.165, 1.54) is 44.9 Å². The van der Waals surface area contributed by atoms with Crippen molar-refractivity contribution in [2.24, 2.45) is 0 Å². The summed E-state index contributed by atoms with van der Waals surface area (Å²) in [6.07, 6.45) is 9.90. The Bertz CT molecular complexity index is 129. The third-order valence-corrected chi connectivity index (χ3v) is 3.30. The highest BCUT2D eigenvalue weighted by Gasteiger charge is 2.16. The Hall–Kier alpha value is 0.440. The average molecular weight is 280 g/mol. The first-order chi connectivity index (χ1) is 6.48. The van der Waals surface area contributed by atoms with Crippen molar-refractivity contribution in [3.05, 3.63) is 0 Å². The number of halogens is 1. The van der Waals surface area contributed by atoms with Crippen LogP contribution in [-0.4, -0.2) is 31.7 Å². The first-order valence-corrected chi connectivity index (χ1v) is 6.29. The molecule has 0 amide bonds. The van der Waals surface area contributed by atoms with Gasteiger partial charge in [-0.15, -0.1) is 0 Å². The van der Waals surface area contributed by atoms with E-state index in [1.54, 1.807) is 0 Å². The summed E-state index contributed by atoms with van der Waals surface area (Å²) in [5.74, 6) is 0. The maximum absolute atomic E-state index is 2.37. The average Bonchev–Trinajstić information content (AvgIpc) is 2.09. The van der Waals surface area contributed by atoms with Gasteiger partial charge < -0.3 is 21.5 Å². The Morgan fingerprint density at radius 1 is 0.867 bits per heavy atom. The predicted molar refractivity (Wildman–Crippen MR) is 65.5 cm³/mol. The lowest BCUT2D eigenvalue weighted by Crippen LogP contribution is -3.00. The lowest BCUT2D eigenvalue weighted by Gasteiger charge is -2.31. The topological polar surface area (TPSA) is 0 Å². The van der Waals surface area contributed by atoms with Crippen LogP contribution in [0.5, 0.6) is 0 Å². The van der Waals surface area contributed by atoms with Crippen LogP contribution in [0.15, 0.2) is 0 Å². The Labute approximate surface area is 108 Å². The highest BCUT2D eigenvalue weighted by molar-refractivity contribution is 4.51. The highest BCUT2D eigenvalue weighted by Crippen LogP contribution is 2.13. The molecule has 0 rings (SSSR count). The van der Waals surface area contributed by atoms with Gasteiger partial charge in [-0.2, -0.15) is 0 Å². The van der Waals surface area contributed by atoms with Gasteiger partial charge in [-0.1, -0.05) is 39.0 Å². The number of hydrogen-bond acceptors (Lipinski definition) is 0. The van der Waals surface area contributed by atoms with E-state index in [2.05, 4.69) is 35.0 Å². The second-order valence-electron chi connectivity index (χ2n) is 5.52. The van der Waals surface area contributed by atoms with Gasteiger partial charge in [-0.3, -0.25) is 0 Å². The molecule has 1 unspecified atom stereocenters. The van der Waals surface area contributed by atoms with Crippen LogP contribution in [0.25, 0.3) is 0 Å². The van der Waals surface area contributed by atoms with Gasteiger partial charge in [0.05, 0.1) is 27.2 Å². The van der Waals surface area contributed by atoms with Gasteiger partial charge in [0.15, 0.2) is 0 Å². The van der Waals surface area contributed by atoms with Crippen molar-refractivity contribution in [2.75, 3.05) is 21.1 Å². The third kappa shape index (κ3) is 10.7. The van der Waals surface area contributed by atoms with E-state index in [-0.39, 0.29) is 17.0 Å². The fourth-order valence-corrected chi connectivity index (χ4v) is 1.61. The van der Waals surface area contributed by atoms with Crippen molar-refractivity contribution >= 4 is 0 Å². The first-order valence-electron chi connectivity index (χ1n) is 6.29. The number of hydrogen-bond donors (Lipinski definition) is 0. The lowest BCUT2D eigenvalue weighted by molar-refractivity contribution is -0.894. The van der Waals surface area contributed by atoms with Crippen LogP contribution in [0, 0.1) is 0 Å². The van der Waals surface area contributed by atoms with Crippen LogP contribution < -0.4 is 17.0 Å². The molecule has 0 radical (unpaired) electrons. The number of rotatable bonds is 8. The minimum Gasteiger partial charge on any atom is -1.00 e. The molecule has 0 heterocycles. The van der Waals surface area contributed by atoms with Gasteiger partial charge in [0.2, 0.25) is 0 Å². The molecule has 0 saturated carbocycles. The summed E-state index contributed by atoms with van der Waals surface area (Å²) in [5, 5.41) is 0. The van der Waals surface area contributed by atoms with E-state index < -0.39 is 0 Å². The normalized spacial score (nSPS) is 13.4. The maximum atomic E-state index is 2.37. The molecule has 2 heteroatoms. The monoisotopic (exact) mass is 279 g/mol. The minimum absolute atomic E-state index is 0. The zero-order valence-electron chi connectivity index (χ0n) is 11.4. The molecule has 0 aromatic heterocycles. The number of quaternary nitrogens is 1. The molecule has 0 aromatic carbocycles. The largest absolute Gasteiger partial charge is 1.00 e. The van der Waals surface area contributed by atoms with E-state index in [4.69, 9.17) is 0 Å². The summed E-state index contributed by atoms with van der Waals surface area (Å²) >= 11 is 0. The van der Waals surface area contributed by atoms with Gasteiger partial charge in [-0.25, -0.2) is 0 Å². The van der Waals surface area contributed by atoms with E-state index >= 15 is 0 Å². The molecule has 15 heavy (non-hydrogen) atoms. The maximum Gasteiger partial charge on any atom is 0.0855 e. The molecule has 94 valence electrons. The Balaban J connectivity index is 0. The van der Waals surface area contributed by atoms with Gasteiger partial charge in [-0.05, 0) is 19.8 Å². The number of nitrogens with zero attached hydrogens (tertiary/aromatic N) is 1. The van der Waals surface area contributed by atoms with Gasteiger partial charge in [0, 0.05) is 0 Å². The van der Waals surface area contributed by atoms with Crippen LogP contribution in [0.2, 0.25) is 0 Å². The molecule has 0 aliphatic carbocycles. The van der Waals surface area contributed by atoms with Crippen molar-refractivity contribution in [1.82, 2.24) is 0 Å². The zero-order chi connectivity index (χ0) is 11.0. The van der Waals surface area contributed by atoms with Crippen molar-refractivity contribution in [2.45, 2.75) is 64.8 Å². The lowest BCUT2D eigenvalue weighted by atomic mass is 10.1. The fourth-order valence-electron chi connectivity index (χ4n) is 1.61. The highest BCUT2D eigenvalue weighted by atomic mass is 79.9. The van der Waals surface area contributed by atoms with Crippen molar-refractivity contribution in [3.63, 3.8) is 0 Å². The van der Waals surface area contributed by atoms with Gasteiger partial charge in [0.25, 0.3) is 0 Å². The third-order valence-electron chi connectivity index (χ3n) is 3.30. The second-order valence-corrected chi connectivity index (χ2v) is 5.52. The Kier molecular flexibility index (Phi) is 11.5. The molecule has 0 aromatic rings. The van der Waals surface area contributed by atoms with Crippen LogP contribution in [0.4, 0.5) is 0 Å². The summed E-state index contributed by atoms with van der Waals surface area (Å²) in [4.78, 5) is 0. The molecule has 1 nitrogen and oxygen atoms in total. The summed E-state index contributed by atoms with van der Waals surface area (Å²) < 4.78 is 1.11. The summed E-state index contributed by atoms with van der Waals surface area (Å²) in [5.41, 5.74) is 0. The quantitative estimate of drug-likeness (QED) is 0.456. The smallest absolute Gasteiger partial charge is 0.0855 e. The molecule has 0 bridgehead atoms. The van der Waals surface area contributed by atoms with Crippen LogP contribution >= 0.6 is 0 Å². The van der Waals surface area contributed by atoms with Crippen molar-refractivity contribution in [3.8, 4) is 0 Å². The molecule has 0 spiro atoms. The Morgan fingerprint density at radius 2 is 1.33 bits per heavy atom. The molecule has 0 fully saturated rings. The number of unbranched alkanes of at least 4 members (excludes halogenated alkanes) is 5. The Morgan fingerprint density at radius 3 is 1.80 bits per heavy atom.